The number of Topliss-reactive ketones (excluding diaryl/α,β-unsaturated/α-hetero) is 2. The molecular formula is C22H16O4. The van der Waals surface area contributed by atoms with Crippen LogP contribution in [0, 0.1) is 12.3 Å². The van der Waals surface area contributed by atoms with Gasteiger partial charge in [-0.05, 0) is 42.2 Å². The van der Waals surface area contributed by atoms with Gasteiger partial charge in [0.15, 0.2) is 11.6 Å². The highest BCUT2D eigenvalue weighted by Crippen LogP contribution is 2.54. The highest BCUT2D eigenvalue weighted by atomic mass is 16.3. The summed E-state index contributed by atoms with van der Waals surface area (Å²) in [5, 5.41) is 21.3. The molecule has 4 nitrogen and oxygen atoms in total. The topological polar surface area (TPSA) is 74.6 Å². The first kappa shape index (κ1) is 15.1. The van der Waals surface area contributed by atoms with Gasteiger partial charge in [-0.3, -0.25) is 9.59 Å². The number of aryl methyl sites for hydroxylation is 1. The molecule has 0 saturated heterocycles. The van der Waals surface area contributed by atoms with Crippen LogP contribution in [0.1, 0.15) is 38.5 Å². The maximum atomic E-state index is 13.5. The minimum Gasteiger partial charge on any atom is -0.507 e. The largest absolute Gasteiger partial charge is 0.507 e. The van der Waals surface area contributed by atoms with Crippen LogP contribution in [0.3, 0.4) is 0 Å². The van der Waals surface area contributed by atoms with Crippen molar-refractivity contribution in [3.05, 3.63) is 81.9 Å². The molecule has 1 spiro atoms. The number of aliphatic hydroxyl groups excluding tert-OH is 1. The van der Waals surface area contributed by atoms with Crippen molar-refractivity contribution in [2.45, 2.75) is 19.3 Å². The Morgan fingerprint density at radius 1 is 1.12 bits per heavy atom. The minimum atomic E-state index is -1.21. The number of allylic oxidation sites excluding steroid dienone is 3. The van der Waals surface area contributed by atoms with Gasteiger partial charge in [0.05, 0.1) is 22.5 Å². The number of rotatable bonds is 0. The fourth-order valence-corrected chi connectivity index (χ4v) is 4.66. The number of aliphatic hydroxyl groups is 1. The molecular weight excluding hydrogens is 328 g/mol. The quantitative estimate of drug-likeness (QED) is 0.716. The van der Waals surface area contributed by atoms with Crippen LogP contribution in [-0.4, -0.2) is 21.8 Å². The lowest BCUT2D eigenvalue weighted by Gasteiger charge is -2.37. The van der Waals surface area contributed by atoms with E-state index in [-0.39, 0.29) is 39.8 Å². The van der Waals surface area contributed by atoms with Gasteiger partial charge in [-0.2, -0.15) is 0 Å². The van der Waals surface area contributed by atoms with Crippen molar-refractivity contribution in [3.8, 4) is 5.75 Å². The molecule has 0 amide bonds. The molecule has 6 rings (SSSR count). The molecule has 2 bridgehead atoms. The Hall–Kier alpha value is -3.14. The number of fused-ring (bicyclic) bond motifs is 1. The van der Waals surface area contributed by atoms with Crippen LogP contribution in [-0.2, 0) is 11.2 Å². The van der Waals surface area contributed by atoms with E-state index in [9.17, 15) is 19.8 Å². The number of phenolic OH excluding ortho intramolecular Hbond substituents is 1. The number of aromatic hydroxyl groups is 1. The van der Waals surface area contributed by atoms with Crippen molar-refractivity contribution in [1.82, 2.24) is 0 Å². The normalized spacial score (nSPS) is 25.7. The predicted octanol–water partition coefficient (Wildman–Crippen LogP) is 3.63. The second-order valence-electron chi connectivity index (χ2n) is 7.31. The first-order valence-electron chi connectivity index (χ1n) is 8.58. The van der Waals surface area contributed by atoms with Crippen molar-refractivity contribution < 1.29 is 19.8 Å². The third-order valence-electron chi connectivity index (χ3n) is 5.79. The molecule has 1 unspecified atom stereocenters. The molecule has 128 valence electrons. The number of hydrogen-bond acceptors (Lipinski definition) is 4. The van der Waals surface area contributed by atoms with Crippen molar-refractivity contribution in [2.24, 2.45) is 5.41 Å². The average Bonchev–Trinajstić information content (AvgIpc) is 2.83. The summed E-state index contributed by atoms with van der Waals surface area (Å²) >= 11 is 0. The van der Waals surface area contributed by atoms with Gasteiger partial charge in [-0.1, -0.05) is 36.4 Å². The average molecular weight is 344 g/mol. The van der Waals surface area contributed by atoms with Crippen LogP contribution in [0.15, 0.2) is 54.1 Å². The Bertz CT molecular complexity index is 1090. The summed E-state index contributed by atoms with van der Waals surface area (Å²) in [6.45, 7) is 1.78. The molecule has 4 aliphatic carbocycles. The lowest BCUT2D eigenvalue weighted by molar-refractivity contribution is -0.117. The molecule has 2 aromatic rings. The van der Waals surface area contributed by atoms with Crippen LogP contribution in [0.25, 0.3) is 5.76 Å². The SMILES string of the molecule is Cc1cc(O)c2c(c1)C(=O)C13C=C[C@H](C(=O)C1=C2O)c1ccccc1C3. The zero-order chi connectivity index (χ0) is 18.2. The number of carbonyl (C=O) groups is 2. The molecule has 4 aliphatic rings. The van der Waals surface area contributed by atoms with Crippen LogP contribution in [0.2, 0.25) is 0 Å². The Morgan fingerprint density at radius 2 is 1.88 bits per heavy atom. The third-order valence-corrected chi connectivity index (χ3v) is 5.79. The number of hydrogen-bond donors (Lipinski definition) is 2. The van der Waals surface area contributed by atoms with Crippen molar-refractivity contribution in [2.75, 3.05) is 0 Å². The minimum absolute atomic E-state index is 0.0691. The summed E-state index contributed by atoms with van der Waals surface area (Å²) < 4.78 is 0. The summed E-state index contributed by atoms with van der Waals surface area (Å²) in [4.78, 5) is 26.8. The molecule has 0 fully saturated rings. The van der Waals surface area contributed by atoms with E-state index in [1.54, 1.807) is 25.1 Å². The number of benzene rings is 2. The highest BCUT2D eigenvalue weighted by Gasteiger charge is 2.55. The van der Waals surface area contributed by atoms with Crippen LogP contribution < -0.4 is 0 Å². The van der Waals surface area contributed by atoms with Gasteiger partial charge in [-0.25, -0.2) is 0 Å². The molecule has 0 saturated carbocycles. The molecule has 2 atom stereocenters. The van der Waals surface area contributed by atoms with Gasteiger partial charge in [-0.15, -0.1) is 0 Å². The Kier molecular flexibility index (Phi) is 2.75. The van der Waals surface area contributed by atoms with Crippen LogP contribution in [0.4, 0.5) is 0 Å². The second kappa shape index (κ2) is 4.73. The summed E-state index contributed by atoms with van der Waals surface area (Å²) in [7, 11) is 0. The molecule has 0 aromatic heterocycles. The van der Waals surface area contributed by atoms with E-state index < -0.39 is 11.3 Å². The monoisotopic (exact) mass is 344 g/mol. The van der Waals surface area contributed by atoms with E-state index in [4.69, 9.17) is 0 Å². The molecule has 4 heteroatoms. The van der Waals surface area contributed by atoms with E-state index in [0.29, 0.717) is 6.42 Å². The predicted molar refractivity (Wildman–Crippen MR) is 96.2 cm³/mol. The number of ketones is 2. The molecule has 0 radical (unpaired) electrons. The summed E-state index contributed by atoms with van der Waals surface area (Å²) in [5.74, 6) is -1.49. The number of phenols is 1. The fraction of sp³-hybridized carbons (Fsp3) is 0.182. The van der Waals surface area contributed by atoms with Crippen molar-refractivity contribution in [1.29, 1.82) is 0 Å². The second-order valence-corrected chi connectivity index (χ2v) is 7.31. The molecule has 26 heavy (non-hydrogen) atoms. The van der Waals surface area contributed by atoms with Gasteiger partial charge in [0.25, 0.3) is 0 Å². The van der Waals surface area contributed by atoms with Crippen molar-refractivity contribution >= 4 is 17.3 Å². The van der Waals surface area contributed by atoms with Crippen LogP contribution >= 0.6 is 0 Å². The van der Waals surface area contributed by atoms with E-state index in [1.807, 2.05) is 24.3 Å². The van der Waals surface area contributed by atoms with E-state index in [0.717, 1.165) is 16.7 Å². The highest BCUT2D eigenvalue weighted by molar-refractivity contribution is 6.23. The number of carbonyl (C=O) groups excluding carboxylic acids is 2. The fourth-order valence-electron chi connectivity index (χ4n) is 4.66. The van der Waals surface area contributed by atoms with Gasteiger partial charge >= 0.3 is 0 Å². The summed E-state index contributed by atoms with van der Waals surface area (Å²) in [6.07, 6.45) is 3.88. The molecule has 0 heterocycles. The first-order chi connectivity index (χ1) is 12.4. The first-order valence-corrected chi connectivity index (χ1v) is 8.58. The third kappa shape index (κ3) is 1.64. The zero-order valence-electron chi connectivity index (χ0n) is 14.1. The Balaban J connectivity index is 1.90. The molecule has 2 aromatic carbocycles. The van der Waals surface area contributed by atoms with Gasteiger partial charge in [0, 0.05) is 5.56 Å². The molecule has 0 aliphatic heterocycles. The van der Waals surface area contributed by atoms with Gasteiger partial charge in [0.1, 0.15) is 11.5 Å². The van der Waals surface area contributed by atoms with Crippen LogP contribution in [0.5, 0.6) is 5.75 Å². The summed E-state index contributed by atoms with van der Waals surface area (Å²) in [6, 6.07) is 10.8. The summed E-state index contributed by atoms with van der Waals surface area (Å²) in [5.41, 5.74) is 1.76. The lowest BCUT2D eigenvalue weighted by Crippen LogP contribution is -2.42. The zero-order valence-corrected chi connectivity index (χ0v) is 14.1. The Labute approximate surface area is 150 Å². The Morgan fingerprint density at radius 3 is 2.69 bits per heavy atom. The maximum absolute atomic E-state index is 13.5. The van der Waals surface area contributed by atoms with Crippen molar-refractivity contribution in [3.63, 3.8) is 0 Å². The lowest BCUT2D eigenvalue weighted by atomic mass is 9.62. The van der Waals surface area contributed by atoms with E-state index >= 15 is 0 Å². The molecule has 2 N–H and O–H groups in total. The van der Waals surface area contributed by atoms with Gasteiger partial charge in [0.2, 0.25) is 0 Å². The van der Waals surface area contributed by atoms with Gasteiger partial charge < -0.3 is 10.2 Å². The van der Waals surface area contributed by atoms with E-state index in [2.05, 4.69) is 0 Å². The van der Waals surface area contributed by atoms with E-state index in [1.165, 1.54) is 6.07 Å². The maximum Gasteiger partial charge on any atom is 0.178 e. The standard InChI is InChI=1S/C22H16O4/c1-11-8-15-17(16(23)9-11)20(25)18-19(24)14-6-7-22(18,21(15)26)10-12-4-2-3-5-13(12)14/h2-9,14,23,25H,10H2,1H3/t14-,22?/m0/s1. The smallest absolute Gasteiger partial charge is 0.178 e.